The second-order valence-electron chi connectivity index (χ2n) is 6.62. The van der Waals surface area contributed by atoms with Gasteiger partial charge in [0.25, 0.3) is 0 Å². The zero-order chi connectivity index (χ0) is 22.4. The van der Waals surface area contributed by atoms with Gasteiger partial charge in [-0.05, 0) is 30.2 Å². The number of amides is 1. The monoisotopic (exact) mass is 462 g/mol. The molecule has 0 aliphatic rings. The van der Waals surface area contributed by atoms with Crippen LogP contribution in [0.15, 0.2) is 42.5 Å². The minimum absolute atomic E-state index is 0.164. The van der Waals surface area contributed by atoms with Gasteiger partial charge in [0.05, 0.1) is 17.3 Å². The predicted molar refractivity (Wildman–Crippen MR) is 120 cm³/mol. The Hall–Kier alpha value is -2.58. The molecule has 1 amide bonds. The number of carbonyl (C=O) groups excluding carboxylic acids is 2. The van der Waals surface area contributed by atoms with E-state index >= 15 is 0 Å². The van der Waals surface area contributed by atoms with Crippen molar-refractivity contribution in [1.29, 1.82) is 0 Å². The minimum atomic E-state index is -3.46. The molecule has 31 heavy (non-hydrogen) atoms. The Labute approximate surface area is 184 Å². The van der Waals surface area contributed by atoms with Crippen molar-refractivity contribution in [2.45, 2.75) is 12.8 Å². The molecule has 0 saturated carbocycles. The van der Waals surface area contributed by atoms with Gasteiger partial charge in [0.15, 0.2) is 10.9 Å². The number of nitrogens with zero attached hydrogens (tertiary/aromatic N) is 1. The van der Waals surface area contributed by atoms with E-state index in [4.69, 9.17) is 13.8 Å². The van der Waals surface area contributed by atoms with E-state index in [2.05, 4.69) is 10.3 Å². The normalized spacial score (nSPS) is 11.5. The molecule has 0 unspecified atom stereocenters. The van der Waals surface area contributed by atoms with Crippen LogP contribution in [-0.2, 0) is 24.8 Å². The summed E-state index contributed by atoms with van der Waals surface area (Å²) in [5, 5.41) is 3.38. The molecule has 3 aromatic rings. The molecule has 10 heteroatoms. The lowest BCUT2D eigenvalue weighted by Gasteiger charge is -2.14. The quantitative estimate of drug-likeness (QED) is 0.348. The molecule has 1 N–H and O–H groups in total. The van der Waals surface area contributed by atoms with Crippen LogP contribution in [0.3, 0.4) is 0 Å². The number of ketones is 1. The lowest BCUT2D eigenvalue weighted by atomic mass is 10.0. The van der Waals surface area contributed by atoms with Gasteiger partial charge in [0.2, 0.25) is 5.91 Å². The number of thiazole rings is 1. The highest BCUT2D eigenvalue weighted by Gasteiger charge is 2.26. The van der Waals surface area contributed by atoms with Crippen LogP contribution in [-0.4, -0.2) is 44.2 Å². The van der Waals surface area contributed by atoms with Gasteiger partial charge in [-0.3, -0.25) is 14.2 Å². The number of fused-ring (bicyclic) bond motifs is 1. The molecule has 0 aliphatic carbocycles. The number of anilines is 1. The number of para-hydroxylation sites is 1. The molecule has 2 aromatic carbocycles. The van der Waals surface area contributed by atoms with E-state index in [-0.39, 0.29) is 24.3 Å². The SMILES string of the molecule is COc1cc(C(=O)CP(=O)(OC)OC)ccc1CCC(=O)Nc1nc2ccccc2s1. The summed E-state index contributed by atoms with van der Waals surface area (Å²) < 4.78 is 28.2. The average molecular weight is 462 g/mol. The third-order valence-corrected chi connectivity index (χ3v) is 7.40. The molecule has 0 spiro atoms. The fourth-order valence-electron chi connectivity index (χ4n) is 2.95. The zero-order valence-corrected chi connectivity index (χ0v) is 19.1. The molecule has 0 fully saturated rings. The van der Waals surface area contributed by atoms with Crippen molar-refractivity contribution in [3.8, 4) is 5.75 Å². The van der Waals surface area contributed by atoms with Crippen molar-refractivity contribution < 1.29 is 27.9 Å². The molecule has 1 aromatic heterocycles. The Morgan fingerprint density at radius 3 is 2.52 bits per heavy atom. The molecule has 0 atom stereocenters. The molecule has 0 saturated heterocycles. The molecule has 1 heterocycles. The first kappa shape index (κ1) is 23.1. The van der Waals surface area contributed by atoms with Crippen LogP contribution in [0.5, 0.6) is 5.75 Å². The van der Waals surface area contributed by atoms with Crippen molar-refractivity contribution in [3.05, 3.63) is 53.6 Å². The van der Waals surface area contributed by atoms with Crippen molar-refractivity contribution in [1.82, 2.24) is 4.98 Å². The van der Waals surface area contributed by atoms with Gasteiger partial charge >= 0.3 is 7.60 Å². The van der Waals surface area contributed by atoms with Gasteiger partial charge in [-0.1, -0.05) is 35.6 Å². The maximum Gasteiger partial charge on any atom is 0.337 e. The van der Waals surface area contributed by atoms with Gasteiger partial charge in [-0.25, -0.2) is 4.98 Å². The Morgan fingerprint density at radius 1 is 1.10 bits per heavy atom. The molecule has 0 aliphatic heterocycles. The maximum atomic E-state index is 12.4. The van der Waals surface area contributed by atoms with Gasteiger partial charge in [0, 0.05) is 26.2 Å². The lowest BCUT2D eigenvalue weighted by molar-refractivity contribution is -0.116. The zero-order valence-electron chi connectivity index (χ0n) is 17.4. The van der Waals surface area contributed by atoms with Crippen LogP contribution >= 0.6 is 18.9 Å². The van der Waals surface area contributed by atoms with Gasteiger partial charge < -0.3 is 19.1 Å². The van der Waals surface area contributed by atoms with Crippen LogP contribution in [0, 0.1) is 0 Å². The summed E-state index contributed by atoms with van der Waals surface area (Å²) in [5.41, 5.74) is 1.95. The Bertz CT molecular complexity index is 1100. The van der Waals surface area contributed by atoms with Crippen LogP contribution in [0.2, 0.25) is 0 Å². The summed E-state index contributed by atoms with van der Waals surface area (Å²) in [6, 6.07) is 12.6. The number of rotatable bonds is 10. The maximum absolute atomic E-state index is 12.4. The number of nitrogens with one attached hydrogen (secondary N) is 1. The molecule has 0 radical (unpaired) electrons. The number of Topliss-reactive ketones (excluding diaryl/α,β-unsaturated/α-hetero) is 1. The van der Waals surface area contributed by atoms with Crippen LogP contribution in [0.1, 0.15) is 22.3 Å². The van der Waals surface area contributed by atoms with E-state index in [9.17, 15) is 14.2 Å². The first-order chi connectivity index (χ1) is 14.9. The largest absolute Gasteiger partial charge is 0.496 e. The molecular formula is C21H23N2O6PS. The highest BCUT2D eigenvalue weighted by atomic mass is 32.1. The number of hydrogen-bond donors (Lipinski definition) is 1. The average Bonchev–Trinajstić information content (AvgIpc) is 3.19. The molecule has 3 rings (SSSR count). The van der Waals surface area contributed by atoms with Gasteiger partial charge in [-0.15, -0.1) is 0 Å². The van der Waals surface area contributed by atoms with Crippen molar-refractivity contribution in [3.63, 3.8) is 0 Å². The topological polar surface area (TPSA) is 104 Å². The summed E-state index contributed by atoms with van der Waals surface area (Å²) in [6.45, 7) is 0. The van der Waals surface area contributed by atoms with Crippen molar-refractivity contribution >= 4 is 46.0 Å². The summed E-state index contributed by atoms with van der Waals surface area (Å²) >= 11 is 1.42. The first-order valence-electron chi connectivity index (χ1n) is 9.43. The molecule has 164 valence electrons. The summed E-state index contributed by atoms with van der Waals surface area (Å²) in [5.74, 6) is -0.0730. The fourth-order valence-corrected chi connectivity index (χ4v) is 4.77. The standard InChI is InChI=1S/C21H23N2O6PS/c1-27-18-12-15(17(24)13-30(26,28-2)29-3)9-8-14(18)10-11-20(25)23-21-22-16-6-4-5-7-19(16)31-21/h4-9,12H,10-11,13H2,1-3H3,(H,22,23,25). The van der Waals surface area contributed by atoms with E-state index in [1.165, 1.54) is 32.7 Å². The number of benzene rings is 2. The summed E-state index contributed by atoms with van der Waals surface area (Å²) in [6.07, 6.45) is 0.276. The van der Waals surface area contributed by atoms with E-state index in [1.54, 1.807) is 18.2 Å². The number of ether oxygens (including phenoxy) is 1. The van der Waals surface area contributed by atoms with Crippen molar-refractivity contribution in [2.75, 3.05) is 32.8 Å². The predicted octanol–water partition coefficient (Wildman–Crippen LogP) is 4.54. The van der Waals surface area contributed by atoms with E-state index < -0.39 is 7.60 Å². The second-order valence-corrected chi connectivity index (χ2v) is 9.92. The van der Waals surface area contributed by atoms with E-state index in [1.807, 2.05) is 24.3 Å². The van der Waals surface area contributed by atoms with Crippen LogP contribution in [0.25, 0.3) is 10.2 Å². The van der Waals surface area contributed by atoms with Gasteiger partial charge in [-0.2, -0.15) is 0 Å². The smallest absolute Gasteiger partial charge is 0.337 e. The minimum Gasteiger partial charge on any atom is -0.496 e. The number of hydrogen-bond acceptors (Lipinski definition) is 8. The Kier molecular flexibility index (Phi) is 7.56. The molecule has 8 nitrogen and oxygen atoms in total. The van der Waals surface area contributed by atoms with Gasteiger partial charge in [0.1, 0.15) is 11.9 Å². The highest BCUT2D eigenvalue weighted by molar-refractivity contribution is 7.54. The summed E-state index contributed by atoms with van der Waals surface area (Å²) in [4.78, 5) is 29.2. The number of methoxy groups -OCH3 is 1. The third-order valence-electron chi connectivity index (χ3n) is 4.66. The summed E-state index contributed by atoms with van der Waals surface area (Å²) in [7, 11) is 0.506. The fraction of sp³-hybridized carbons (Fsp3) is 0.286. The van der Waals surface area contributed by atoms with E-state index in [0.29, 0.717) is 22.9 Å². The molecular weight excluding hydrogens is 439 g/mol. The van der Waals surface area contributed by atoms with Crippen LogP contribution in [0.4, 0.5) is 5.13 Å². The highest BCUT2D eigenvalue weighted by Crippen LogP contribution is 2.46. The molecule has 0 bridgehead atoms. The Balaban J connectivity index is 1.63. The third kappa shape index (κ3) is 5.77. The lowest BCUT2D eigenvalue weighted by Crippen LogP contribution is -2.13. The second kappa shape index (κ2) is 10.2. The Morgan fingerprint density at radius 2 is 1.84 bits per heavy atom. The first-order valence-corrected chi connectivity index (χ1v) is 12.0. The van der Waals surface area contributed by atoms with E-state index in [0.717, 1.165) is 15.8 Å². The number of carbonyl (C=O) groups is 2. The van der Waals surface area contributed by atoms with Crippen LogP contribution < -0.4 is 10.1 Å². The van der Waals surface area contributed by atoms with Crippen molar-refractivity contribution in [2.24, 2.45) is 0 Å². The number of aromatic nitrogens is 1. The number of aryl methyl sites for hydroxylation is 1.